The van der Waals surface area contributed by atoms with Gasteiger partial charge in [-0.05, 0) is 34.4 Å². The van der Waals surface area contributed by atoms with Gasteiger partial charge in [0.2, 0.25) is 0 Å². The van der Waals surface area contributed by atoms with Crippen LogP contribution in [0.15, 0.2) is 54.6 Å². The minimum Gasteiger partial charge on any atom is -0.135 e. The highest BCUT2D eigenvalue weighted by atomic mass is 32.1. The first-order chi connectivity index (χ1) is 9.75. The molecule has 0 aliphatic carbocycles. The quantitative estimate of drug-likeness (QED) is 0.381. The molecule has 0 unspecified atom stereocenters. The van der Waals surface area contributed by atoms with E-state index >= 15 is 0 Å². The highest BCUT2D eigenvalue weighted by Gasteiger charge is 2.15. The van der Waals surface area contributed by atoms with Crippen LogP contribution in [0.1, 0.15) is 25.3 Å². The zero-order valence-corrected chi connectivity index (χ0v) is 12.5. The zero-order chi connectivity index (χ0) is 13.7. The average molecular weight is 276 g/mol. The molecule has 0 bridgehead atoms. The average Bonchev–Trinajstić information content (AvgIpc) is 2.82. The maximum absolute atomic E-state index is 2.35. The number of hydrogen-bond donors (Lipinski definition) is 0. The molecule has 0 atom stereocenters. The summed E-state index contributed by atoms with van der Waals surface area (Å²) in [5.74, 6) is 0.529. The Morgan fingerprint density at radius 3 is 2.30 bits per heavy atom. The normalized spacial score (nSPS) is 11.9. The smallest absolute Gasteiger partial charge is 0.0364 e. The topological polar surface area (TPSA) is 0 Å². The molecule has 1 aromatic heterocycles. The van der Waals surface area contributed by atoms with Crippen LogP contribution in [0.3, 0.4) is 0 Å². The molecular formula is C19H16S. The second-order valence-corrected chi connectivity index (χ2v) is 6.72. The van der Waals surface area contributed by atoms with Crippen LogP contribution in [0, 0.1) is 0 Å². The third-order valence-electron chi connectivity index (χ3n) is 4.01. The zero-order valence-electron chi connectivity index (χ0n) is 11.7. The van der Waals surface area contributed by atoms with Crippen LogP contribution in [-0.4, -0.2) is 0 Å². The van der Waals surface area contributed by atoms with E-state index in [1.807, 2.05) is 11.3 Å². The van der Waals surface area contributed by atoms with Crippen molar-refractivity contribution in [2.24, 2.45) is 0 Å². The van der Waals surface area contributed by atoms with Crippen LogP contribution < -0.4 is 0 Å². The molecule has 0 aliphatic rings. The molecule has 0 aliphatic heterocycles. The SMILES string of the molecule is CC(C)c1c2ccccc2cc2sc3ccccc3c12. The number of rotatable bonds is 1. The van der Waals surface area contributed by atoms with E-state index < -0.39 is 0 Å². The molecule has 0 fully saturated rings. The third kappa shape index (κ3) is 1.60. The summed E-state index contributed by atoms with van der Waals surface area (Å²) in [6.45, 7) is 4.60. The fourth-order valence-electron chi connectivity index (χ4n) is 3.19. The van der Waals surface area contributed by atoms with Gasteiger partial charge in [-0.15, -0.1) is 11.3 Å². The predicted molar refractivity (Wildman–Crippen MR) is 90.9 cm³/mol. The molecule has 0 saturated heterocycles. The van der Waals surface area contributed by atoms with Gasteiger partial charge in [0.1, 0.15) is 0 Å². The molecule has 1 heteroatoms. The maximum Gasteiger partial charge on any atom is 0.0364 e. The molecule has 98 valence electrons. The monoisotopic (exact) mass is 276 g/mol. The summed E-state index contributed by atoms with van der Waals surface area (Å²) >= 11 is 1.91. The van der Waals surface area contributed by atoms with Crippen LogP contribution in [-0.2, 0) is 0 Å². The van der Waals surface area contributed by atoms with Crippen molar-refractivity contribution in [1.82, 2.24) is 0 Å². The van der Waals surface area contributed by atoms with Gasteiger partial charge in [-0.2, -0.15) is 0 Å². The first-order valence-electron chi connectivity index (χ1n) is 7.08. The van der Waals surface area contributed by atoms with Crippen LogP contribution in [0.5, 0.6) is 0 Å². The molecule has 1 heterocycles. The summed E-state index contributed by atoms with van der Waals surface area (Å²) in [7, 11) is 0. The van der Waals surface area contributed by atoms with E-state index in [0.29, 0.717) is 5.92 Å². The van der Waals surface area contributed by atoms with Gasteiger partial charge in [0.05, 0.1) is 0 Å². The van der Waals surface area contributed by atoms with E-state index in [2.05, 4.69) is 68.4 Å². The molecule has 0 amide bonds. The van der Waals surface area contributed by atoms with Gasteiger partial charge in [-0.1, -0.05) is 56.3 Å². The van der Waals surface area contributed by atoms with E-state index in [1.165, 1.54) is 36.5 Å². The lowest BCUT2D eigenvalue weighted by Crippen LogP contribution is -1.90. The Hall–Kier alpha value is -1.86. The summed E-state index contributed by atoms with van der Waals surface area (Å²) in [4.78, 5) is 0. The molecule has 0 N–H and O–H groups in total. The van der Waals surface area contributed by atoms with Crippen molar-refractivity contribution in [1.29, 1.82) is 0 Å². The number of fused-ring (bicyclic) bond motifs is 4. The van der Waals surface area contributed by atoms with Crippen LogP contribution in [0.4, 0.5) is 0 Å². The predicted octanol–water partition coefficient (Wildman–Crippen LogP) is 6.33. The summed E-state index contributed by atoms with van der Waals surface area (Å²) in [5.41, 5.74) is 1.50. The van der Waals surface area contributed by atoms with E-state index in [-0.39, 0.29) is 0 Å². The van der Waals surface area contributed by atoms with Gasteiger partial charge in [0, 0.05) is 20.2 Å². The van der Waals surface area contributed by atoms with Gasteiger partial charge < -0.3 is 0 Å². The van der Waals surface area contributed by atoms with Crippen molar-refractivity contribution in [3.63, 3.8) is 0 Å². The number of hydrogen-bond acceptors (Lipinski definition) is 1. The lowest BCUT2D eigenvalue weighted by atomic mass is 9.91. The van der Waals surface area contributed by atoms with Gasteiger partial charge >= 0.3 is 0 Å². The van der Waals surface area contributed by atoms with E-state index in [1.54, 1.807) is 0 Å². The van der Waals surface area contributed by atoms with E-state index in [0.717, 1.165) is 0 Å². The highest BCUT2D eigenvalue weighted by Crippen LogP contribution is 2.42. The lowest BCUT2D eigenvalue weighted by molar-refractivity contribution is 0.886. The van der Waals surface area contributed by atoms with Crippen molar-refractivity contribution in [3.8, 4) is 0 Å². The Balaban J connectivity index is 2.33. The first-order valence-corrected chi connectivity index (χ1v) is 7.90. The van der Waals surface area contributed by atoms with Gasteiger partial charge in [-0.25, -0.2) is 0 Å². The number of benzene rings is 3. The van der Waals surface area contributed by atoms with Crippen molar-refractivity contribution in [3.05, 3.63) is 60.2 Å². The standard InChI is InChI=1S/C19H16S/c1-12(2)18-14-8-4-3-7-13(14)11-17-19(18)15-9-5-6-10-16(15)20-17/h3-12H,1-2H3. The Bertz CT molecular complexity index is 928. The van der Waals surface area contributed by atoms with Crippen LogP contribution in [0.25, 0.3) is 30.9 Å². The highest BCUT2D eigenvalue weighted by molar-refractivity contribution is 7.25. The number of thiophene rings is 1. The second kappa shape index (κ2) is 4.32. The molecule has 0 radical (unpaired) electrons. The van der Waals surface area contributed by atoms with Gasteiger partial charge in [0.15, 0.2) is 0 Å². The Kier molecular flexibility index (Phi) is 2.58. The first kappa shape index (κ1) is 11.9. The summed E-state index contributed by atoms with van der Waals surface area (Å²) in [6.07, 6.45) is 0. The van der Waals surface area contributed by atoms with Crippen molar-refractivity contribution in [2.45, 2.75) is 19.8 Å². The summed E-state index contributed by atoms with van der Waals surface area (Å²) < 4.78 is 2.80. The molecule has 4 aromatic rings. The second-order valence-electron chi connectivity index (χ2n) is 5.64. The lowest BCUT2D eigenvalue weighted by Gasteiger charge is -2.12. The molecule has 3 aromatic carbocycles. The van der Waals surface area contributed by atoms with Crippen LogP contribution >= 0.6 is 11.3 Å². The van der Waals surface area contributed by atoms with Gasteiger partial charge in [-0.3, -0.25) is 0 Å². The van der Waals surface area contributed by atoms with Crippen molar-refractivity contribution in [2.75, 3.05) is 0 Å². The molecule has 20 heavy (non-hydrogen) atoms. The third-order valence-corrected chi connectivity index (χ3v) is 5.12. The van der Waals surface area contributed by atoms with Crippen molar-refractivity contribution < 1.29 is 0 Å². The molecule has 4 rings (SSSR count). The van der Waals surface area contributed by atoms with Crippen LogP contribution in [0.2, 0.25) is 0 Å². The Labute approximate surface area is 122 Å². The Morgan fingerprint density at radius 1 is 0.800 bits per heavy atom. The van der Waals surface area contributed by atoms with E-state index in [9.17, 15) is 0 Å². The molecule has 0 spiro atoms. The molecule has 0 saturated carbocycles. The fraction of sp³-hybridized carbons (Fsp3) is 0.158. The Morgan fingerprint density at radius 2 is 1.50 bits per heavy atom. The van der Waals surface area contributed by atoms with Crippen molar-refractivity contribution >= 4 is 42.3 Å². The summed E-state index contributed by atoms with van der Waals surface area (Å²) in [5, 5.41) is 5.62. The van der Waals surface area contributed by atoms with E-state index in [4.69, 9.17) is 0 Å². The summed E-state index contributed by atoms with van der Waals surface area (Å²) in [6, 6.07) is 19.9. The fourth-order valence-corrected chi connectivity index (χ4v) is 4.36. The maximum atomic E-state index is 2.35. The minimum absolute atomic E-state index is 0.529. The van der Waals surface area contributed by atoms with Gasteiger partial charge in [0.25, 0.3) is 0 Å². The largest absolute Gasteiger partial charge is 0.135 e. The minimum atomic E-state index is 0.529. The molecule has 0 nitrogen and oxygen atoms in total. The molecular weight excluding hydrogens is 260 g/mol.